The molecular formula is C14H21N5O. The zero-order valence-corrected chi connectivity index (χ0v) is 11.6. The molecule has 3 rings (SSSR count). The molecule has 0 amide bonds. The molecule has 2 aliphatic rings. The summed E-state index contributed by atoms with van der Waals surface area (Å²) in [5.41, 5.74) is 6.06. The summed E-state index contributed by atoms with van der Waals surface area (Å²) >= 11 is 0. The van der Waals surface area contributed by atoms with Crippen LogP contribution in [0, 0.1) is 5.41 Å². The van der Waals surface area contributed by atoms with Crippen LogP contribution in [-0.4, -0.2) is 61.2 Å². The van der Waals surface area contributed by atoms with Crippen molar-refractivity contribution in [2.45, 2.75) is 12.5 Å². The molecule has 0 saturated carbocycles. The Balaban J connectivity index is 1.67. The molecule has 20 heavy (non-hydrogen) atoms. The van der Waals surface area contributed by atoms with Crippen molar-refractivity contribution in [3.05, 3.63) is 23.9 Å². The van der Waals surface area contributed by atoms with E-state index in [9.17, 15) is 0 Å². The lowest BCUT2D eigenvalue weighted by molar-refractivity contribution is 0.0209. The number of anilines is 1. The topological polar surface area (TPSA) is 78.5 Å². The van der Waals surface area contributed by atoms with Crippen molar-refractivity contribution in [3.63, 3.8) is 0 Å². The monoisotopic (exact) mass is 275 g/mol. The molecule has 108 valence electrons. The van der Waals surface area contributed by atoms with E-state index in [1.807, 2.05) is 12.1 Å². The fourth-order valence-electron chi connectivity index (χ4n) is 2.94. The van der Waals surface area contributed by atoms with Crippen LogP contribution in [-0.2, 0) is 4.74 Å². The molecule has 2 fully saturated rings. The van der Waals surface area contributed by atoms with Gasteiger partial charge in [0.05, 0.1) is 13.2 Å². The second-order valence-corrected chi connectivity index (χ2v) is 5.33. The van der Waals surface area contributed by atoms with E-state index in [-0.39, 0.29) is 5.84 Å². The molecule has 0 aromatic carbocycles. The highest BCUT2D eigenvalue weighted by Crippen LogP contribution is 2.22. The molecule has 6 heteroatoms. The van der Waals surface area contributed by atoms with Gasteiger partial charge < -0.3 is 15.4 Å². The number of pyridine rings is 1. The first-order chi connectivity index (χ1) is 9.74. The number of aromatic nitrogens is 1. The minimum atomic E-state index is 0.0239. The number of nitrogens with two attached hydrogens (primary N) is 1. The van der Waals surface area contributed by atoms with Gasteiger partial charge in [0.2, 0.25) is 0 Å². The largest absolute Gasteiger partial charge is 0.382 e. The molecule has 2 saturated heterocycles. The maximum absolute atomic E-state index is 7.48. The highest BCUT2D eigenvalue weighted by molar-refractivity contribution is 5.93. The minimum absolute atomic E-state index is 0.0239. The first-order valence-corrected chi connectivity index (χ1v) is 7.12. The average molecular weight is 275 g/mol. The van der Waals surface area contributed by atoms with E-state index in [2.05, 4.69) is 14.8 Å². The summed E-state index contributed by atoms with van der Waals surface area (Å²) in [4.78, 5) is 9.26. The van der Waals surface area contributed by atoms with Gasteiger partial charge in [0, 0.05) is 32.2 Å². The van der Waals surface area contributed by atoms with Gasteiger partial charge in [-0.05, 0) is 18.6 Å². The number of nitrogens with one attached hydrogen (secondary N) is 1. The Labute approximate surface area is 119 Å². The van der Waals surface area contributed by atoms with E-state index in [4.69, 9.17) is 15.9 Å². The molecule has 0 bridgehead atoms. The van der Waals surface area contributed by atoms with Crippen LogP contribution in [0.1, 0.15) is 12.1 Å². The van der Waals surface area contributed by atoms with Crippen molar-refractivity contribution in [3.8, 4) is 0 Å². The molecular weight excluding hydrogens is 254 g/mol. The van der Waals surface area contributed by atoms with Gasteiger partial charge in [-0.3, -0.25) is 10.3 Å². The number of amidine groups is 1. The lowest BCUT2D eigenvalue weighted by Gasteiger charge is -2.32. The minimum Gasteiger partial charge on any atom is -0.382 e. The van der Waals surface area contributed by atoms with Gasteiger partial charge in [-0.15, -0.1) is 0 Å². The van der Waals surface area contributed by atoms with Crippen LogP contribution >= 0.6 is 0 Å². The van der Waals surface area contributed by atoms with Crippen LogP contribution in [0.25, 0.3) is 0 Å². The summed E-state index contributed by atoms with van der Waals surface area (Å²) in [5.74, 6) is 0.948. The van der Waals surface area contributed by atoms with Crippen molar-refractivity contribution in [1.29, 1.82) is 5.41 Å². The highest BCUT2D eigenvalue weighted by Gasteiger charge is 2.29. The van der Waals surface area contributed by atoms with Crippen LogP contribution in [0.15, 0.2) is 18.2 Å². The van der Waals surface area contributed by atoms with Crippen molar-refractivity contribution < 1.29 is 4.74 Å². The molecule has 3 N–H and O–H groups in total. The predicted octanol–water partition coefficient (Wildman–Crippen LogP) is 0.277. The van der Waals surface area contributed by atoms with Gasteiger partial charge in [-0.1, -0.05) is 6.07 Å². The average Bonchev–Trinajstić information content (AvgIpc) is 2.98. The summed E-state index contributed by atoms with van der Waals surface area (Å²) in [6, 6.07) is 6.28. The Morgan fingerprint density at radius 1 is 1.30 bits per heavy atom. The molecule has 1 atom stereocenters. The van der Waals surface area contributed by atoms with Gasteiger partial charge in [-0.25, -0.2) is 4.98 Å². The Bertz CT molecular complexity index is 486. The lowest BCUT2D eigenvalue weighted by atomic mass is 10.2. The van der Waals surface area contributed by atoms with E-state index < -0.39 is 0 Å². The summed E-state index contributed by atoms with van der Waals surface area (Å²) in [6.07, 6.45) is 1.16. The van der Waals surface area contributed by atoms with Crippen LogP contribution in [0.2, 0.25) is 0 Å². The van der Waals surface area contributed by atoms with Gasteiger partial charge in [0.1, 0.15) is 17.3 Å². The van der Waals surface area contributed by atoms with Crippen molar-refractivity contribution in [2.75, 3.05) is 44.3 Å². The number of morpholine rings is 1. The molecule has 6 nitrogen and oxygen atoms in total. The van der Waals surface area contributed by atoms with Gasteiger partial charge in [-0.2, -0.15) is 0 Å². The SMILES string of the molecule is N=C(N)c1cccc(N2CCC(N3CCOCC3)C2)n1. The number of hydrogen-bond acceptors (Lipinski definition) is 5. The normalized spacial score (nSPS) is 24.0. The zero-order valence-electron chi connectivity index (χ0n) is 11.6. The molecule has 0 spiro atoms. The van der Waals surface area contributed by atoms with E-state index >= 15 is 0 Å². The van der Waals surface area contributed by atoms with Crippen molar-refractivity contribution in [2.24, 2.45) is 5.73 Å². The summed E-state index contributed by atoms with van der Waals surface area (Å²) < 4.78 is 5.41. The second kappa shape index (κ2) is 5.76. The lowest BCUT2D eigenvalue weighted by Crippen LogP contribution is -2.44. The third-order valence-corrected chi connectivity index (χ3v) is 4.06. The maximum atomic E-state index is 7.48. The summed E-state index contributed by atoms with van der Waals surface area (Å²) in [6.45, 7) is 5.74. The highest BCUT2D eigenvalue weighted by atomic mass is 16.5. The van der Waals surface area contributed by atoms with E-state index in [1.165, 1.54) is 0 Å². The fourth-order valence-corrected chi connectivity index (χ4v) is 2.94. The Morgan fingerprint density at radius 2 is 2.10 bits per heavy atom. The van der Waals surface area contributed by atoms with Gasteiger partial charge >= 0.3 is 0 Å². The Kier molecular flexibility index (Phi) is 3.84. The number of nitrogen functional groups attached to an aromatic ring is 1. The van der Waals surface area contributed by atoms with E-state index in [0.29, 0.717) is 11.7 Å². The summed E-state index contributed by atoms with van der Waals surface area (Å²) in [7, 11) is 0. The third kappa shape index (κ3) is 2.76. The standard InChI is InChI=1S/C14H21N5O/c15-14(16)12-2-1-3-13(17-12)19-5-4-11(10-19)18-6-8-20-9-7-18/h1-3,11H,4-10H2,(H3,15,16). The van der Waals surface area contributed by atoms with Crippen LogP contribution in [0.3, 0.4) is 0 Å². The van der Waals surface area contributed by atoms with Gasteiger partial charge in [0.15, 0.2) is 0 Å². The Morgan fingerprint density at radius 3 is 2.85 bits per heavy atom. The van der Waals surface area contributed by atoms with Gasteiger partial charge in [0.25, 0.3) is 0 Å². The van der Waals surface area contributed by atoms with Crippen LogP contribution in [0.4, 0.5) is 5.82 Å². The van der Waals surface area contributed by atoms with E-state index in [1.54, 1.807) is 6.07 Å². The van der Waals surface area contributed by atoms with Crippen LogP contribution in [0.5, 0.6) is 0 Å². The molecule has 0 radical (unpaired) electrons. The number of ether oxygens (including phenoxy) is 1. The molecule has 1 aromatic heterocycles. The number of rotatable bonds is 3. The Hall–Kier alpha value is -1.66. The van der Waals surface area contributed by atoms with Crippen LogP contribution < -0.4 is 10.6 Å². The maximum Gasteiger partial charge on any atom is 0.141 e. The smallest absolute Gasteiger partial charge is 0.141 e. The summed E-state index contributed by atoms with van der Waals surface area (Å²) in [5, 5.41) is 7.48. The zero-order chi connectivity index (χ0) is 13.9. The number of hydrogen-bond donors (Lipinski definition) is 2. The molecule has 1 aromatic rings. The number of nitrogens with zero attached hydrogens (tertiary/aromatic N) is 3. The molecule has 2 aliphatic heterocycles. The molecule has 3 heterocycles. The van der Waals surface area contributed by atoms with Crippen molar-refractivity contribution in [1.82, 2.24) is 9.88 Å². The first-order valence-electron chi connectivity index (χ1n) is 7.12. The molecule has 1 unspecified atom stereocenters. The second-order valence-electron chi connectivity index (χ2n) is 5.33. The fraction of sp³-hybridized carbons (Fsp3) is 0.571. The molecule has 0 aliphatic carbocycles. The first kappa shape index (κ1) is 13.3. The van der Waals surface area contributed by atoms with Crippen molar-refractivity contribution >= 4 is 11.7 Å². The van der Waals surface area contributed by atoms with E-state index in [0.717, 1.165) is 51.6 Å². The quantitative estimate of drug-likeness (QED) is 0.612. The predicted molar refractivity (Wildman–Crippen MR) is 78.3 cm³/mol. The third-order valence-electron chi connectivity index (χ3n) is 4.06.